The van der Waals surface area contributed by atoms with Crippen LogP contribution < -0.4 is 21.1 Å². The molecule has 17 heteroatoms. The van der Waals surface area contributed by atoms with E-state index in [1.807, 2.05) is 5.43 Å². The van der Waals surface area contributed by atoms with Crippen molar-refractivity contribution >= 4 is 29.3 Å². The van der Waals surface area contributed by atoms with E-state index in [9.17, 15) is 19.5 Å². The Bertz CT molecular complexity index is 1960. The van der Waals surface area contributed by atoms with Gasteiger partial charge >= 0.3 is 12.0 Å². The Kier molecular flexibility index (Phi) is 13.1. The molecule has 0 bridgehead atoms. The molecule has 4 aromatic carbocycles. The van der Waals surface area contributed by atoms with Crippen molar-refractivity contribution in [1.82, 2.24) is 15.2 Å². The second-order valence-electron chi connectivity index (χ2n) is 13.0. The number of morpholine rings is 2. The number of nitrogens with zero attached hydrogens (tertiary/aromatic N) is 4. The van der Waals surface area contributed by atoms with Crippen molar-refractivity contribution in [3.8, 4) is 0 Å². The molecule has 3 amide bonds. The lowest BCUT2D eigenvalue weighted by molar-refractivity contribution is -0.108. The van der Waals surface area contributed by atoms with Gasteiger partial charge in [-0.3, -0.25) is 20.0 Å². The molecular weight excluding hydrogens is 740 g/mol. The highest BCUT2D eigenvalue weighted by molar-refractivity contribution is 5.94. The number of urea groups is 1. The maximum absolute atomic E-state index is 15.5. The molecule has 296 valence electrons. The molecule has 0 saturated carbocycles. The Morgan fingerprint density at radius 3 is 1.95 bits per heavy atom. The van der Waals surface area contributed by atoms with Crippen LogP contribution in [0.1, 0.15) is 31.8 Å². The minimum atomic E-state index is -1.45. The van der Waals surface area contributed by atoms with Crippen molar-refractivity contribution in [3.63, 3.8) is 0 Å². The zero-order chi connectivity index (χ0) is 39.8. The second kappa shape index (κ2) is 18.4. The lowest BCUT2D eigenvalue weighted by atomic mass is 10.1. The summed E-state index contributed by atoms with van der Waals surface area (Å²) in [4.78, 5) is 44.1. The molecule has 2 aliphatic rings. The van der Waals surface area contributed by atoms with Gasteiger partial charge in [-0.25, -0.2) is 33.0 Å². The summed E-state index contributed by atoms with van der Waals surface area (Å²) >= 11 is 0. The molecule has 0 aromatic heterocycles. The van der Waals surface area contributed by atoms with E-state index in [0.29, 0.717) is 37.7 Å². The molecule has 0 aliphatic carbocycles. The van der Waals surface area contributed by atoms with Gasteiger partial charge in [-0.15, -0.1) is 0 Å². The summed E-state index contributed by atoms with van der Waals surface area (Å²) in [6, 6.07) is 19.7. The van der Waals surface area contributed by atoms with Crippen molar-refractivity contribution in [1.29, 1.82) is 0 Å². The number of aliphatic hydroxyl groups excluding tert-OH is 1. The first-order valence-electron chi connectivity index (χ1n) is 17.7. The number of hydrazine groups is 1. The summed E-state index contributed by atoms with van der Waals surface area (Å²) < 4.78 is 77.8. The first-order chi connectivity index (χ1) is 27.0. The van der Waals surface area contributed by atoms with Gasteiger partial charge in [0.15, 0.2) is 6.35 Å². The van der Waals surface area contributed by atoms with Crippen LogP contribution in [-0.2, 0) is 27.3 Å². The Morgan fingerprint density at radius 1 is 0.804 bits per heavy atom. The van der Waals surface area contributed by atoms with Crippen LogP contribution in [0.5, 0.6) is 0 Å². The fourth-order valence-electron chi connectivity index (χ4n) is 6.40. The number of nitrogens with two attached hydrogens (primary N) is 1. The van der Waals surface area contributed by atoms with Crippen molar-refractivity contribution in [2.75, 3.05) is 62.4 Å². The SMILES string of the molecule is NNC(=O)c1cc(F)c(CN(c2ccccc2)C(O)N2CCOC(COC(=O)c3cc(F)c(CN(C(=O)N4CCOCC4)c4ccccc4)c(F)c3)C2)c(F)c1. The number of esters is 1. The minimum Gasteiger partial charge on any atom is -0.459 e. The third-order valence-electron chi connectivity index (χ3n) is 9.40. The highest BCUT2D eigenvalue weighted by Crippen LogP contribution is 2.27. The van der Waals surface area contributed by atoms with Gasteiger partial charge in [0.2, 0.25) is 0 Å². The summed E-state index contributed by atoms with van der Waals surface area (Å²) in [6.07, 6.45) is -2.26. The molecule has 6 rings (SSSR count). The predicted molar refractivity (Wildman–Crippen MR) is 195 cm³/mol. The van der Waals surface area contributed by atoms with E-state index < -0.39 is 83.4 Å². The molecule has 0 spiro atoms. The van der Waals surface area contributed by atoms with Crippen LogP contribution in [0.15, 0.2) is 84.9 Å². The van der Waals surface area contributed by atoms with Crippen LogP contribution in [-0.4, -0.2) is 97.9 Å². The number of nitrogens with one attached hydrogen (secondary N) is 1. The van der Waals surface area contributed by atoms with Gasteiger partial charge in [-0.2, -0.15) is 0 Å². The van der Waals surface area contributed by atoms with E-state index in [4.69, 9.17) is 20.1 Å². The Balaban J connectivity index is 1.12. The van der Waals surface area contributed by atoms with Gasteiger partial charge in [-0.05, 0) is 48.5 Å². The molecule has 2 aliphatic heterocycles. The predicted octanol–water partition coefficient (Wildman–Crippen LogP) is 4.15. The monoisotopic (exact) mass is 780 g/mol. The fraction of sp³-hybridized carbons (Fsp3) is 0.308. The number of aliphatic hydroxyl groups is 1. The smallest absolute Gasteiger partial charge is 0.338 e. The third kappa shape index (κ3) is 9.43. The van der Waals surface area contributed by atoms with Crippen molar-refractivity contribution < 1.29 is 51.3 Å². The second-order valence-corrected chi connectivity index (χ2v) is 13.0. The number of amides is 3. The van der Waals surface area contributed by atoms with Crippen LogP contribution in [0.25, 0.3) is 0 Å². The lowest BCUT2D eigenvalue weighted by Gasteiger charge is -2.41. The minimum absolute atomic E-state index is 0.00743. The summed E-state index contributed by atoms with van der Waals surface area (Å²) in [5, 5.41) is 11.6. The van der Waals surface area contributed by atoms with Gasteiger partial charge in [0.25, 0.3) is 5.91 Å². The third-order valence-corrected chi connectivity index (χ3v) is 9.40. The van der Waals surface area contributed by atoms with Crippen molar-refractivity contribution in [2.45, 2.75) is 25.5 Å². The number of anilines is 2. The number of nitrogen functional groups attached to an aromatic ring is 1. The van der Waals surface area contributed by atoms with Crippen LogP contribution in [0.4, 0.5) is 33.7 Å². The summed E-state index contributed by atoms with van der Waals surface area (Å²) in [7, 11) is 0. The van der Waals surface area contributed by atoms with E-state index in [1.165, 1.54) is 14.7 Å². The van der Waals surface area contributed by atoms with Crippen LogP contribution in [0, 0.1) is 23.3 Å². The number of benzene rings is 4. The highest BCUT2D eigenvalue weighted by atomic mass is 19.1. The molecular formula is C39H40F4N6O7. The van der Waals surface area contributed by atoms with E-state index in [-0.39, 0.29) is 31.9 Å². The largest absolute Gasteiger partial charge is 0.459 e. The number of carbonyl (C=O) groups excluding carboxylic acids is 3. The zero-order valence-electron chi connectivity index (χ0n) is 30.1. The van der Waals surface area contributed by atoms with E-state index >= 15 is 17.6 Å². The standard InChI is InChI=1S/C39H40F4N6O7/c40-32-17-25(36(50)45-44)18-33(41)30(32)23-49(28-9-5-2-6-10-28)39(53)47-13-16-55-29(21-47)24-56-37(51)26-19-34(42)31(35(43)20-26)22-48(27-7-3-1-4-8-27)38(52)46-11-14-54-15-12-46/h1-10,17-20,29,39,53H,11-16,21-24,44H2,(H,45,50). The average molecular weight is 781 g/mol. The molecule has 0 radical (unpaired) electrons. The molecule has 2 fully saturated rings. The molecule has 2 atom stereocenters. The number of halogens is 4. The van der Waals surface area contributed by atoms with Gasteiger partial charge in [-0.1, -0.05) is 36.4 Å². The fourth-order valence-corrected chi connectivity index (χ4v) is 6.40. The first kappa shape index (κ1) is 40.1. The normalized spacial score (nSPS) is 16.5. The first-order valence-corrected chi connectivity index (χ1v) is 17.7. The number of rotatable bonds is 12. The number of hydrogen-bond donors (Lipinski definition) is 3. The maximum Gasteiger partial charge on any atom is 0.338 e. The number of ether oxygens (including phenoxy) is 3. The molecule has 2 unspecified atom stereocenters. The van der Waals surface area contributed by atoms with E-state index in [0.717, 1.165) is 24.3 Å². The maximum atomic E-state index is 15.5. The summed E-state index contributed by atoms with van der Waals surface area (Å²) in [6.45, 7) is 0.305. The quantitative estimate of drug-likeness (QED) is 0.0478. The summed E-state index contributed by atoms with van der Waals surface area (Å²) in [5.41, 5.74) is 1.10. The van der Waals surface area contributed by atoms with E-state index in [2.05, 4.69) is 0 Å². The highest BCUT2D eigenvalue weighted by Gasteiger charge is 2.32. The topological polar surface area (TPSA) is 150 Å². The molecule has 56 heavy (non-hydrogen) atoms. The zero-order valence-corrected chi connectivity index (χ0v) is 30.1. The number of para-hydroxylation sites is 2. The Labute approximate surface area is 319 Å². The Morgan fingerprint density at radius 2 is 1.36 bits per heavy atom. The summed E-state index contributed by atoms with van der Waals surface area (Å²) in [5.74, 6) is -0.984. The Hall–Kier alpha value is -5.59. The molecule has 4 aromatic rings. The molecule has 2 heterocycles. The molecule has 2 saturated heterocycles. The van der Waals surface area contributed by atoms with Gasteiger partial charge in [0, 0.05) is 54.2 Å². The van der Waals surface area contributed by atoms with Gasteiger partial charge < -0.3 is 29.1 Å². The van der Waals surface area contributed by atoms with Gasteiger partial charge in [0.1, 0.15) is 36.0 Å². The van der Waals surface area contributed by atoms with Crippen LogP contribution >= 0.6 is 0 Å². The number of carbonyl (C=O) groups is 3. The van der Waals surface area contributed by atoms with Gasteiger partial charge in [0.05, 0.1) is 38.5 Å². The lowest BCUT2D eigenvalue weighted by Crippen LogP contribution is -2.55. The molecule has 4 N–H and O–H groups in total. The molecule has 13 nitrogen and oxygen atoms in total. The van der Waals surface area contributed by atoms with Crippen molar-refractivity contribution in [2.24, 2.45) is 5.84 Å². The van der Waals surface area contributed by atoms with E-state index in [1.54, 1.807) is 65.6 Å². The van der Waals surface area contributed by atoms with Crippen molar-refractivity contribution in [3.05, 3.63) is 130 Å². The average Bonchev–Trinajstić information content (AvgIpc) is 3.22. The van der Waals surface area contributed by atoms with Crippen LogP contribution in [0.2, 0.25) is 0 Å². The number of hydrogen-bond acceptors (Lipinski definition) is 10. The van der Waals surface area contributed by atoms with Crippen LogP contribution in [0.3, 0.4) is 0 Å².